The quantitative estimate of drug-likeness (QED) is 0.0252. The maximum absolute atomic E-state index is 13.6. The van der Waals surface area contributed by atoms with E-state index in [-0.39, 0.29) is 6.41 Å². The van der Waals surface area contributed by atoms with Gasteiger partial charge in [0, 0.05) is 34.6 Å². The summed E-state index contributed by atoms with van der Waals surface area (Å²) in [6.07, 6.45) is -106. The van der Waals surface area contributed by atoms with E-state index in [4.69, 9.17) is 104 Å². The molecule has 0 saturated carbocycles. The van der Waals surface area contributed by atoms with Gasteiger partial charge in [0.1, 0.15) is 268 Å². The number of carbonyl (C=O) groups excluding carboxylic acids is 6. The maximum Gasteiger partial charge on any atom is 0.217 e. The zero-order valence-corrected chi connectivity index (χ0v) is 77.4. The molecule has 144 heavy (non-hydrogen) atoms. The standard InChI is InChI=1S/C80H134N6O58/c1-20(98)82-37-48(109)42(103)26(7-88)126-72(37)143-68-46(107)35(17-124-70-38(83-21(2)99)49(110)62(30(11-92)130-70)137-76-56(117)53(114)43(104)27(8-89)127-76)135-79(60(68)121)139-65-33(14-95)133-74(41(52(65)113)86-24(5)102)144-69-47(108)36(18-125-71-39(84-22(3)100)50(111)63(31(12-93)131-71)138-77-57(118)54(115)44(105)28(9-90)128-77)136-80(61(69)122)140-64-32(13-94)132-73(40(51(64)112)85-23(4)101)142-67-45(106)29(10-91)129-78(59(67)120)141-66-34(15-96)134-75(58(119)55(66)116)123-16-25(6-87)81-19-97/h19,25-80,87-96,103-122H,6-18H2,1-5H3,(H,81,97)(H,82,98)(H,83,99)(H,84,100)(H,85,101)(H,86,102)/t25-,26-,27-,28-,29-,30-,31-,32-,33-,34-,35-,36-,37-,38-,39-,40-,41-,42-,43+,44+,45+,46+,47+,48-,49-,50-,51-,52-,53+,54+,55-,56-,57-,58-,59-,60-,61-,62-,63-,64-,65-,66-,67+,68+,69+,70-,71-,72+,73+,74+,75-,76+,77+,78+,79+,80+/m1/s1. The molecule has 0 aromatic rings. The number of hydrogen-bond donors (Lipinski definition) is 36. The first-order valence-electron chi connectivity index (χ1n) is 45.9. The van der Waals surface area contributed by atoms with E-state index in [9.17, 15) is 182 Å². The van der Waals surface area contributed by atoms with Crippen LogP contribution in [0.2, 0.25) is 0 Å². The van der Waals surface area contributed by atoms with E-state index < -0.39 is 459 Å². The van der Waals surface area contributed by atoms with Crippen LogP contribution in [0.5, 0.6) is 0 Å². The molecule has 11 aliphatic rings. The van der Waals surface area contributed by atoms with Crippen LogP contribution in [0.15, 0.2) is 0 Å². The molecule has 64 nitrogen and oxygen atoms in total. The normalized spacial score (nSPS) is 47.3. The van der Waals surface area contributed by atoms with Gasteiger partial charge in [-0.05, 0) is 0 Å². The van der Waals surface area contributed by atoms with Gasteiger partial charge in [-0.3, -0.25) is 28.8 Å². The summed E-state index contributed by atoms with van der Waals surface area (Å²) in [5, 5.41) is 351. The molecule has 6 amide bonds. The maximum atomic E-state index is 13.6. The lowest BCUT2D eigenvalue weighted by molar-refractivity contribution is -0.391. The van der Waals surface area contributed by atoms with Crippen LogP contribution >= 0.6 is 0 Å². The fourth-order valence-corrected chi connectivity index (χ4v) is 18.3. The lowest BCUT2D eigenvalue weighted by Gasteiger charge is -2.51. The van der Waals surface area contributed by atoms with Gasteiger partial charge in [0.05, 0.1) is 91.9 Å². The minimum Gasteiger partial charge on any atom is -0.394 e. The van der Waals surface area contributed by atoms with Crippen molar-refractivity contribution in [3.8, 4) is 0 Å². The summed E-state index contributed by atoms with van der Waals surface area (Å²) >= 11 is 0. The van der Waals surface area contributed by atoms with Crippen LogP contribution in [-0.2, 0) is 133 Å². The Balaban J connectivity index is 0.899. The van der Waals surface area contributed by atoms with Crippen molar-refractivity contribution in [2.45, 2.75) is 378 Å². The van der Waals surface area contributed by atoms with Crippen LogP contribution in [0.3, 0.4) is 0 Å². The first kappa shape index (κ1) is 119. The highest BCUT2D eigenvalue weighted by molar-refractivity contribution is 5.75. The summed E-state index contributed by atoms with van der Waals surface area (Å²) < 4.78 is 131. The molecule has 36 N–H and O–H groups in total. The van der Waals surface area contributed by atoms with Crippen molar-refractivity contribution >= 4 is 35.9 Å². The highest BCUT2D eigenvalue weighted by atomic mass is 16.8. The molecule has 56 atom stereocenters. The number of ether oxygens (including phenoxy) is 22. The average Bonchev–Trinajstić information content (AvgIpc) is 0.779. The van der Waals surface area contributed by atoms with E-state index >= 15 is 0 Å². The van der Waals surface area contributed by atoms with E-state index in [1.54, 1.807) is 0 Å². The molecule has 11 heterocycles. The smallest absolute Gasteiger partial charge is 0.217 e. The summed E-state index contributed by atoms with van der Waals surface area (Å²) in [4.78, 5) is 76.7. The summed E-state index contributed by atoms with van der Waals surface area (Å²) in [7, 11) is 0. The van der Waals surface area contributed by atoms with Gasteiger partial charge >= 0.3 is 0 Å². The lowest BCUT2D eigenvalue weighted by Crippen LogP contribution is -2.71. The minimum absolute atomic E-state index is 0.230. The molecule has 11 aliphatic heterocycles. The fourth-order valence-electron chi connectivity index (χ4n) is 18.3. The summed E-state index contributed by atoms with van der Waals surface area (Å²) in [6.45, 7) is -9.03. The number of aliphatic hydroxyl groups excluding tert-OH is 30. The zero-order chi connectivity index (χ0) is 106. The number of nitrogens with one attached hydrogen (secondary N) is 6. The van der Waals surface area contributed by atoms with Crippen LogP contribution < -0.4 is 31.9 Å². The number of rotatable bonds is 42. The Morgan fingerprint density at radius 2 is 0.444 bits per heavy atom. The molecular weight excluding hydrogens is 1970 g/mol. The topological polar surface area (TPSA) is 985 Å². The van der Waals surface area contributed by atoms with Gasteiger partial charge in [0.2, 0.25) is 35.9 Å². The van der Waals surface area contributed by atoms with Crippen LogP contribution in [0.25, 0.3) is 0 Å². The molecule has 64 heteroatoms. The van der Waals surface area contributed by atoms with Crippen molar-refractivity contribution in [2.24, 2.45) is 0 Å². The van der Waals surface area contributed by atoms with Crippen LogP contribution in [0.4, 0.5) is 0 Å². The van der Waals surface area contributed by atoms with Crippen molar-refractivity contribution in [3.63, 3.8) is 0 Å². The van der Waals surface area contributed by atoms with Gasteiger partial charge in [0.25, 0.3) is 0 Å². The molecule has 0 unspecified atom stereocenters. The van der Waals surface area contributed by atoms with Gasteiger partial charge in [-0.15, -0.1) is 0 Å². The van der Waals surface area contributed by atoms with Gasteiger partial charge in [-0.2, -0.15) is 0 Å². The van der Waals surface area contributed by atoms with Crippen LogP contribution in [0, 0.1) is 0 Å². The van der Waals surface area contributed by atoms with E-state index in [1.807, 2.05) is 0 Å². The first-order chi connectivity index (χ1) is 68.3. The number of aliphatic hydroxyl groups is 30. The highest BCUT2D eigenvalue weighted by Crippen LogP contribution is 2.42. The molecule has 11 fully saturated rings. The number of hydrogen-bond acceptors (Lipinski definition) is 58. The van der Waals surface area contributed by atoms with Gasteiger partial charge in [-0.1, -0.05) is 0 Å². The van der Waals surface area contributed by atoms with E-state index in [0.717, 1.165) is 34.6 Å². The summed E-state index contributed by atoms with van der Waals surface area (Å²) in [5.41, 5.74) is 0. The van der Waals surface area contributed by atoms with Gasteiger partial charge < -0.3 is 289 Å². The molecule has 11 rings (SSSR count). The SMILES string of the molecule is CC(=O)N[C@H]1[C@H](OC[C@H]2O[C@@H](O[C@H]3[C@H](O)[C@@H](NC(C)=O)[C@H](O[C@H]4[C@@H](O)[C@@H](CO)O[C@@H](O[C@H]5[C@H](O)[C@@H](O)[C@H](OC[C@@H](CO)NC=O)O[C@@H]5CO)[C@@H]4O)O[C@@H]3CO)[C@H](O)[C@@H](O[C@@H]3O[C@H](CO)[C@@H](O[C@@H]4O[C@H](CO[C@@H]5O[C@H](CO)[C@@H](O[C@@H]6O[C@H](CO)[C@H](O)[C@H](O)[C@H]6O)[C@H](O)[C@H]5NC(C)=O)[C@H](O)[C@H](O[C@@H]5O[C@H](CO)[C@@H](O)[C@H](O)[C@H]5NC(C)=O)[C@H]4O)[C@H](O)[C@H]3NC(C)=O)[C@H]2O)O[C@H](CO)[C@@H](O[C@@H]2O[C@H](CO)[C@H](O)[C@H](O)[C@H]2O)[C@@H]1O. The third kappa shape index (κ3) is 27.1. The molecule has 0 aliphatic carbocycles. The fraction of sp³-hybridized carbons (Fsp3) is 0.925. The Kier molecular flexibility index (Phi) is 44.1. The van der Waals surface area contributed by atoms with Crippen molar-refractivity contribution in [2.75, 3.05) is 85.9 Å². The molecule has 0 radical (unpaired) electrons. The van der Waals surface area contributed by atoms with Crippen molar-refractivity contribution < 1.29 is 286 Å². The molecule has 11 saturated heterocycles. The summed E-state index contributed by atoms with van der Waals surface area (Å²) in [6, 6.07) is -11.0. The van der Waals surface area contributed by atoms with E-state index in [1.165, 1.54) is 0 Å². The average molecular weight is 2110 g/mol. The van der Waals surface area contributed by atoms with Gasteiger partial charge in [0.15, 0.2) is 69.2 Å². The Bertz CT molecular complexity index is 3980. The highest BCUT2D eigenvalue weighted by Gasteiger charge is 2.63. The Labute approximate surface area is 815 Å². The second-order valence-electron chi connectivity index (χ2n) is 36.0. The molecule has 0 spiro atoms. The minimum atomic E-state index is -2.64. The second kappa shape index (κ2) is 53.3. The Hall–Kier alpha value is -5.26. The number of amides is 6. The molecule has 832 valence electrons. The molecule has 0 bridgehead atoms. The predicted molar refractivity (Wildman–Crippen MR) is 444 cm³/mol. The first-order valence-corrected chi connectivity index (χ1v) is 45.9. The molecular formula is C80H134N6O58. The van der Waals surface area contributed by atoms with Crippen LogP contribution in [-0.4, -0.2) is 619 Å². The third-order valence-corrected chi connectivity index (χ3v) is 25.9. The van der Waals surface area contributed by atoms with Gasteiger partial charge in [-0.25, -0.2) is 0 Å². The molecule has 0 aromatic carbocycles. The van der Waals surface area contributed by atoms with Crippen molar-refractivity contribution in [1.29, 1.82) is 0 Å². The summed E-state index contributed by atoms with van der Waals surface area (Å²) in [5.74, 6) is -4.93. The van der Waals surface area contributed by atoms with E-state index in [0.29, 0.717) is 0 Å². The molecule has 0 aromatic heterocycles. The zero-order valence-electron chi connectivity index (χ0n) is 77.4. The van der Waals surface area contributed by atoms with Crippen molar-refractivity contribution in [1.82, 2.24) is 31.9 Å². The van der Waals surface area contributed by atoms with E-state index in [2.05, 4.69) is 31.9 Å². The Morgan fingerprint density at radius 1 is 0.229 bits per heavy atom. The van der Waals surface area contributed by atoms with Crippen LogP contribution in [0.1, 0.15) is 34.6 Å². The number of carbonyl (C=O) groups is 6. The lowest BCUT2D eigenvalue weighted by atomic mass is 9.93. The Morgan fingerprint density at radius 3 is 0.729 bits per heavy atom. The largest absolute Gasteiger partial charge is 0.394 e. The predicted octanol–water partition coefficient (Wildman–Crippen LogP) is -25.1. The third-order valence-electron chi connectivity index (χ3n) is 25.9. The van der Waals surface area contributed by atoms with Crippen molar-refractivity contribution in [3.05, 3.63) is 0 Å². The monoisotopic (exact) mass is 2110 g/mol. The second-order valence-corrected chi connectivity index (χ2v) is 36.0.